The van der Waals surface area contributed by atoms with Gasteiger partial charge in [-0.2, -0.15) is 0 Å². The van der Waals surface area contributed by atoms with Gasteiger partial charge in [-0.1, -0.05) is 48.5 Å². The largest absolute Gasteiger partial charge is 0.456 e. The number of hydrogen-bond donors (Lipinski definition) is 2. The summed E-state index contributed by atoms with van der Waals surface area (Å²) in [6.07, 6.45) is 0. The first-order valence-corrected chi connectivity index (χ1v) is 10.9. The van der Waals surface area contributed by atoms with Gasteiger partial charge in [0.1, 0.15) is 16.7 Å². The van der Waals surface area contributed by atoms with Crippen LogP contribution in [0, 0.1) is 13.8 Å². The van der Waals surface area contributed by atoms with Gasteiger partial charge >= 0.3 is 0 Å². The molecule has 0 aliphatic heterocycles. The van der Waals surface area contributed by atoms with E-state index in [0.717, 1.165) is 56.6 Å². The van der Waals surface area contributed by atoms with Crippen molar-refractivity contribution in [2.45, 2.75) is 20.8 Å². The smallest absolute Gasteiger partial charge is 0.160 e. The number of hydrogen-bond acceptors (Lipinski definition) is 4. The Morgan fingerprint density at radius 2 is 1.41 bits per heavy atom. The molecule has 0 unspecified atom stereocenters. The van der Waals surface area contributed by atoms with Crippen LogP contribution in [0.4, 0.5) is 11.4 Å². The Bertz CT molecular complexity index is 1570. The summed E-state index contributed by atoms with van der Waals surface area (Å²) >= 11 is 0. The molecule has 0 saturated carbocycles. The fourth-order valence-electron chi connectivity index (χ4n) is 4.21. The lowest BCUT2D eigenvalue weighted by Crippen LogP contribution is -1.99. The molecule has 0 bridgehead atoms. The fraction of sp³-hybridized carbons (Fsp3) is 0.143. The van der Waals surface area contributed by atoms with Gasteiger partial charge in [0.05, 0.1) is 11.1 Å². The van der Waals surface area contributed by atoms with Crippen LogP contribution < -0.4 is 11.1 Å². The number of para-hydroxylation sites is 2. The molecule has 4 aromatic carbocycles. The maximum Gasteiger partial charge on any atom is 0.160 e. The third-order valence-corrected chi connectivity index (χ3v) is 5.80. The van der Waals surface area contributed by atoms with E-state index in [-0.39, 0.29) is 0 Å². The van der Waals surface area contributed by atoms with Crippen molar-refractivity contribution >= 4 is 55.3 Å². The Morgan fingerprint density at radius 3 is 2.16 bits per heavy atom. The number of fused-ring (bicyclic) bond motifs is 6. The van der Waals surface area contributed by atoms with Crippen LogP contribution in [0.1, 0.15) is 18.1 Å². The molecular formula is C28H26N2O2. The lowest BCUT2D eigenvalue weighted by atomic mass is 10.1. The zero-order valence-electron chi connectivity index (χ0n) is 18.5. The fourth-order valence-corrected chi connectivity index (χ4v) is 4.21. The number of furan rings is 2. The van der Waals surface area contributed by atoms with E-state index in [4.69, 9.17) is 14.6 Å². The Kier molecular flexibility index (Phi) is 4.98. The second-order valence-corrected chi connectivity index (χ2v) is 8.09. The monoisotopic (exact) mass is 422 g/mol. The Hall–Kier alpha value is -3.92. The second-order valence-electron chi connectivity index (χ2n) is 8.09. The van der Waals surface area contributed by atoms with Crippen molar-refractivity contribution in [3.8, 4) is 0 Å². The molecule has 0 atom stereocenters. The predicted molar refractivity (Wildman–Crippen MR) is 135 cm³/mol. The van der Waals surface area contributed by atoms with Crippen molar-refractivity contribution in [3.05, 3.63) is 83.9 Å². The average molecular weight is 423 g/mol. The number of rotatable bonds is 2. The molecule has 0 aliphatic carbocycles. The molecule has 4 heteroatoms. The quantitative estimate of drug-likeness (QED) is 0.279. The van der Waals surface area contributed by atoms with E-state index >= 15 is 0 Å². The summed E-state index contributed by atoms with van der Waals surface area (Å²) in [6, 6.07) is 24.6. The third kappa shape index (κ3) is 3.34. The molecule has 3 N–H and O–H groups in total. The number of nitrogens with two attached hydrogens (primary N) is 1. The van der Waals surface area contributed by atoms with Gasteiger partial charge in [-0.05, 0) is 56.2 Å². The molecule has 32 heavy (non-hydrogen) atoms. The van der Waals surface area contributed by atoms with Crippen LogP contribution in [0.5, 0.6) is 0 Å². The minimum atomic E-state index is 0.725. The molecule has 0 radical (unpaired) electrons. The van der Waals surface area contributed by atoms with Crippen molar-refractivity contribution in [2.24, 2.45) is 0 Å². The second kappa shape index (κ2) is 7.97. The molecule has 6 aromatic rings. The van der Waals surface area contributed by atoms with Crippen LogP contribution in [0.2, 0.25) is 0 Å². The van der Waals surface area contributed by atoms with Crippen molar-refractivity contribution in [3.63, 3.8) is 0 Å². The van der Waals surface area contributed by atoms with Gasteiger partial charge in [0, 0.05) is 28.4 Å². The summed E-state index contributed by atoms with van der Waals surface area (Å²) in [5, 5.41) is 7.96. The molecule has 6 rings (SSSR count). The number of nitrogen functional groups attached to an aromatic ring is 1. The number of nitrogens with one attached hydrogen (secondary N) is 1. The molecule has 0 spiro atoms. The highest BCUT2D eigenvalue weighted by Crippen LogP contribution is 2.39. The highest BCUT2D eigenvalue weighted by atomic mass is 16.3. The van der Waals surface area contributed by atoms with Crippen molar-refractivity contribution in [1.82, 2.24) is 0 Å². The van der Waals surface area contributed by atoms with Crippen LogP contribution in [0.3, 0.4) is 0 Å². The minimum Gasteiger partial charge on any atom is -0.456 e. The molecule has 0 saturated heterocycles. The van der Waals surface area contributed by atoms with Crippen molar-refractivity contribution < 1.29 is 8.83 Å². The van der Waals surface area contributed by atoms with Gasteiger partial charge in [0.25, 0.3) is 0 Å². The zero-order valence-corrected chi connectivity index (χ0v) is 18.5. The summed E-state index contributed by atoms with van der Waals surface area (Å²) in [5.41, 5.74) is 13.8. The molecule has 160 valence electrons. The Morgan fingerprint density at radius 1 is 0.750 bits per heavy atom. The maximum atomic E-state index is 6.13. The van der Waals surface area contributed by atoms with Gasteiger partial charge in [-0.15, -0.1) is 0 Å². The zero-order chi connectivity index (χ0) is 22.2. The number of aryl methyl sites for hydroxylation is 2. The first kappa shape index (κ1) is 20.0. The first-order valence-electron chi connectivity index (χ1n) is 10.9. The first-order chi connectivity index (χ1) is 15.6. The van der Waals surface area contributed by atoms with Crippen LogP contribution in [-0.2, 0) is 0 Å². The Balaban J connectivity index is 0.000000139. The number of anilines is 2. The summed E-state index contributed by atoms with van der Waals surface area (Å²) < 4.78 is 11.6. The van der Waals surface area contributed by atoms with E-state index in [0.29, 0.717) is 0 Å². The molecular weight excluding hydrogens is 396 g/mol. The number of benzene rings is 4. The molecule has 4 nitrogen and oxygen atoms in total. The van der Waals surface area contributed by atoms with Crippen LogP contribution >= 0.6 is 0 Å². The van der Waals surface area contributed by atoms with E-state index in [1.54, 1.807) is 0 Å². The van der Waals surface area contributed by atoms with Gasteiger partial charge in [-0.25, -0.2) is 0 Å². The van der Waals surface area contributed by atoms with Gasteiger partial charge < -0.3 is 19.9 Å². The van der Waals surface area contributed by atoms with Gasteiger partial charge in [0.2, 0.25) is 0 Å². The normalized spacial score (nSPS) is 11.2. The van der Waals surface area contributed by atoms with Crippen LogP contribution in [0.15, 0.2) is 81.6 Å². The highest BCUT2D eigenvalue weighted by Gasteiger charge is 2.15. The van der Waals surface area contributed by atoms with Gasteiger partial charge in [-0.3, -0.25) is 0 Å². The summed E-state index contributed by atoms with van der Waals surface area (Å²) in [4.78, 5) is 0. The lowest BCUT2D eigenvalue weighted by molar-refractivity contribution is 0.668. The third-order valence-electron chi connectivity index (χ3n) is 5.80. The molecule has 0 amide bonds. The lowest BCUT2D eigenvalue weighted by Gasteiger charge is -2.08. The summed E-state index contributed by atoms with van der Waals surface area (Å²) in [5.74, 6) is 0. The van der Waals surface area contributed by atoms with Crippen LogP contribution in [-0.4, -0.2) is 6.54 Å². The molecule has 2 aromatic heterocycles. The average Bonchev–Trinajstić information content (AvgIpc) is 3.36. The maximum absolute atomic E-state index is 6.13. The topological polar surface area (TPSA) is 64.3 Å². The van der Waals surface area contributed by atoms with Crippen LogP contribution in [0.25, 0.3) is 43.9 Å². The van der Waals surface area contributed by atoms with Crippen molar-refractivity contribution in [2.75, 3.05) is 17.6 Å². The molecule has 0 fully saturated rings. The summed E-state index contributed by atoms with van der Waals surface area (Å²) in [6.45, 7) is 7.03. The van der Waals surface area contributed by atoms with E-state index in [1.807, 2.05) is 43.3 Å². The Labute approximate surface area is 186 Å². The van der Waals surface area contributed by atoms with E-state index < -0.39 is 0 Å². The van der Waals surface area contributed by atoms with E-state index in [9.17, 15) is 0 Å². The predicted octanol–water partition coefficient (Wildman–Crippen LogP) is 7.80. The van der Waals surface area contributed by atoms with E-state index in [2.05, 4.69) is 55.6 Å². The minimum absolute atomic E-state index is 0.725. The van der Waals surface area contributed by atoms with Gasteiger partial charge in [0.15, 0.2) is 5.58 Å². The summed E-state index contributed by atoms with van der Waals surface area (Å²) in [7, 11) is 0. The SMILES string of the molecule is CCNc1cc(C)c(N)c2oc3ccccc3c12.Cc1ccc2c(c1)oc1ccccc12. The highest BCUT2D eigenvalue weighted by molar-refractivity contribution is 6.15. The molecule has 0 aliphatic rings. The standard InChI is InChI=1S/C15H16N2O.C13H10O/c1-3-17-11-8-9(2)14(16)15-13(11)10-6-4-5-7-12(10)18-15;1-9-6-7-11-10-4-2-3-5-12(10)14-13(11)8-9/h4-8,17H,3,16H2,1-2H3;2-8H,1H3. The van der Waals surface area contributed by atoms with Crippen molar-refractivity contribution in [1.29, 1.82) is 0 Å². The molecule has 2 heterocycles. The van der Waals surface area contributed by atoms with E-state index in [1.165, 1.54) is 16.3 Å².